The summed E-state index contributed by atoms with van der Waals surface area (Å²) >= 11 is 0. The second-order valence-electron chi connectivity index (χ2n) is 4.55. The lowest BCUT2D eigenvalue weighted by atomic mass is 9.95. The lowest BCUT2D eigenvalue weighted by Gasteiger charge is -2.16. The minimum Gasteiger partial charge on any atom is -0.497 e. The molecule has 2 rings (SSSR count). The van der Waals surface area contributed by atoms with Crippen LogP contribution in [0.4, 0.5) is 0 Å². The maximum Gasteiger partial charge on any atom is 0.341 e. The van der Waals surface area contributed by atoms with Crippen molar-refractivity contribution in [1.82, 2.24) is 0 Å². The fourth-order valence-electron chi connectivity index (χ4n) is 2.02. The van der Waals surface area contributed by atoms with Gasteiger partial charge in [-0.05, 0) is 24.3 Å². The average molecular weight is 314 g/mol. The summed E-state index contributed by atoms with van der Waals surface area (Å²) < 4.78 is 14.9. The third kappa shape index (κ3) is 3.56. The smallest absolute Gasteiger partial charge is 0.341 e. The molecule has 0 radical (unpaired) electrons. The van der Waals surface area contributed by atoms with E-state index in [0.717, 1.165) is 0 Å². The van der Waals surface area contributed by atoms with E-state index in [-0.39, 0.29) is 16.9 Å². The fraction of sp³-hybridized carbons (Fsp3) is 0.176. The number of esters is 2. The summed E-state index contributed by atoms with van der Waals surface area (Å²) in [6.45, 7) is 0. The second kappa shape index (κ2) is 7.24. The highest BCUT2D eigenvalue weighted by atomic mass is 16.5. The Balaban J connectivity index is 2.24. The highest BCUT2D eigenvalue weighted by molar-refractivity contribution is 5.94. The molecule has 0 fully saturated rings. The van der Waals surface area contributed by atoms with Gasteiger partial charge in [0.2, 0.25) is 0 Å². The number of carbonyl (C=O) groups is 2. The summed E-state index contributed by atoms with van der Waals surface area (Å²) in [7, 11) is 2.68. The summed E-state index contributed by atoms with van der Waals surface area (Å²) in [4.78, 5) is 35.0. The summed E-state index contributed by atoms with van der Waals surface area (Å²) in [5, 5.41) is 0. The number of para-hydroxylation sites is 1. The highest BCUT2D eigenvalue weighted by Crippen LogP contribution is 2.25. The Morgan fingerprint density at radius 2 is 1.91 bits per heavy atom. The van der Waals surface area contributed by atoms with Crippen molar-refractivity contribution in [2.24, 2.45) is 5.92 Å². The first kappa shape index (κ1) is 16.3. The molecule has 1 atom stereocenters. The summed E-state index contributed by atoms with van der Waals surface area (Å²) in [5.41, 5.74) is 0.206. The number of benzene rings is 1. The van der Waals surface area contributed by atoms with Gasteiger partial charge in [0, 0.05) is 0 Å². The molecule has 0 saturated heterocycles. The van der Waals surface area contributed by atoms with Gasteiger partial charge < -0.3 is 14.2 Å². The molecule has 0 amide bonds. The van der Waals surface area contributed by atoms with Crippen LogP contribution in [-0.2, 0) is 19.1 Å². The molecule has 0 N–H and O–H groups in total. The van der Waals surface area contributed by atoms with E-state index in [1.54, 1.807) is 24.2 Å². The zero-order chi connectivity index (χ0) is 16.8. The first-order valence-electron chi connectivity index (χ1n) is 6.68. The van der Waals surface area contributed by atoms with Crippen molar-refractivity contribution in [2.45, 2.75) is 0 Å². The standard InChI is InChI=1S/C17H14O6/c1-21-12-7-8-13(11(9-12)10-18)17(20)23-15-6-4-3-5-14(15)16(19)22-2/h3-9,13H,1-2H3. The van der Waals surface area contributed by atoms with Crippen LogP contribution in [-0.4, -0.2) is 32.1 Å². The van der Waals surface area contributed by atoms with Gasteiger partial charge in [0.05, 0.1) is 19.8 Å². The normalized spacial score (nSPS) is 16.2. The number of allylic oxidation sites excluding steroid dienone is 2. The molecule has 6 nitrogen and oxygen atoms in total. The quantitative estimate of drug-likeness (QED) is 0.479. The van der Waals surface area contributed by atoms with Gasteiger partial charge in [-0.25, -0.2) is 9.59 Å². The third-order valence-electron chi connectivity index (χ3n) is 3.20. The van der Waals surface area contributed by atoms with Crippen molar-refractivity contribution >= 4 is 17.9 Å². The van der Waals surface area contributed by atoms with Gasteiger partial charge in [0.25, 0.3) is 0 Å². The molecule has 23 heavy (non-hydrogen) atoms. The molecule has 0 bridgehead atoms. The number of rotatable bonds is 4. The highest BCUT2D eigenvalue weighted by Gasteiger charge is 2.27. The van der Waals surface area contributed by atoms with Gasteiger partial charge in [0.15, 0.2) is 0 Å². The van der Waals surface area contributed by atoms with Gasteiger partial charge in [-0.3, -0.25) is 4.79 Å². The predicted molar refractivity (Wildman–Crippen MR) is 80.3 cm³/mol. The van der Waals surface area contributed by atoms with E-state index in [4.69, 9.17) is 9.47 Å². The molecule has 118 valence electrons. The SMILES string of the molecule is COC(=O)c1ccccc1OC(=O)C1C=CC(OC)=CC1=C=O. The van der Waals surface area contributed by atoms with Crippen LogP contribution in [0.5, 0.6) is 5.75 Å². The Morgan fingerprint density at radius 1 is 1.17 bits per heavy atom. The summed E-state index contributed by atoms with van der Waals surface area (Å²) in [6, 6.07) is 6.18. The first-order chi connectivity index (χ1) is 11.1. The van der Waals surface area contributed by atoms with Crippen LogP contribution in [0.2, 0.25) is 0 Å². The van der Waals surface area contributed by atoms with Crippen molar-refractivity contribution in [3.63, 3.8) is 0 Å². The molecular weight excluding hydrogens is 300 g/mol. The van der Waals surface area contributed by atoms with E-state index in [0.29, 0.717) is 5.76 Å². The molecule has 0 heterocycles. The number of carbonyl (C=O) groups excluding carboxylic acids is 3. The van der Waals surface area contributed by atoms with Crippen LogP contribution in [0, 0.1) is 5.92 Å². The molecule has 0 saturated carbocycles. The number of hydrogen-bond donors (Lipinski definition) is 0. The Morgan fingerprint density at radius 3 is 2.57 bits per heavy atom. The van der Waals surface area contributed by atoms with Gasteiger partial charge >= 0.3 is 11.9 Å². The van der Waals surface area contributed by atoms with Crippen LogP contribution in [0.25, 0.3) is 0 Å². The molecule has 1 aliphatic carbocycles. The zero-order valence-corrected chi connectivity index (χ0v) is 12.6. The van der Waals surface area contributed by atoms with E-state index in [2.05, 4.69) is 4.74 Å². The number of ether oxygens (including phenoxy) is 3. The lowest BCUT2D eigenvalue weighted by Crippen LogP contribution is -2.23. The van der Waals surface area contributed by atoms with Crippen LogP contribution >= 0.6 is 0 Å². The topological polar surface area (TPSA) is 78.9 Å². The molecule has 6 heteroatoms. The largest absolute Gasteiger partial charge is 0.497 e. The van der Waals surface area contributed by atoms with E-state index in [1.807, 2.05) is 0 Å². The Kier molecular flexibility index (Phi) is 5.12. The van der Waals surface area contributed by atoms with E-state index in [9.17, 15) is 14.4 Å². The van der Waals surface area contributed by atoms with Gasteiger partial charge in [0.1, 0.15) is 28.9 Å². The van der Waals surface area contributed by atoms with Crippen LogP contribution in [0.15, 0.2) is 53.8 Å². The maximum atomic E-state index is 12.3. The Hall–Kier alpha value is -3.11. The van der Waals surface area contributed by atoms with Gasteiger partial charge in [-0.1, -0.05) is 18.2 Å². The second-order valence-corrected chi connectivity index (χ2v) is 4.55. The maximum absolute atomic E-state index is 12.3. The Bertz CT molecular complexity index is 737. The minimum absolute atomic E-state index is 0.0597. The fourth-order valence-corrected chi connectivity index (χ4v) is 2.02. The van der Waals surface area contributed by atoms with E-state index in [1.165, 1.54) is 38.5 Å². The van der Waals surface area contributed by atoms with E-state index < -0.39 is 17.9 Å². The molecular formula is C17H14O6. The van der Waals surface area contributed by atoms with Crippen LogP contribution in [0.1, 0.15) is 10.4 Å². The zero-order valence-electron chi connectivity index (χ0n) is 12.6. The van der Waals surface area contributed by atoms with Crippen molar-refractivity contribution in [3.8, 4) is 5.75 Å². The average Bonchev–Trinajstić information content (AvgIpc) is 2.60. The summed E-state index contributed by atoms with van der Waals surface area (Å²) in [6.07, 6.45) is 4.44. The predicted octanol–water partition coefficient (Wildman–Crippen LogP) is 1.85. The summed E-state index contributed by atoms with van der Waals surface area (Å²) in [5.74, 6) is -0.0576. The van der Waals surface area contributed by atoms with E-state index >= 15 is 0 Å². The van der Waals surface area contributed by atoms with Crippen LogP contribution < -0.4 is 4.74 Å². The van der Waals surface area contributed by atoms with Crippen molar-refractivity contribution in [3.05, 3.63) is 59.4 Å². The Labute approximate surface area is 132 Å². The van der Waals surface area contributed by atoms with Crippen molar-refractivity contribution in [1.29, 1.82) is 0 Å². The lowest BCUT2D eigenvalue weighted by molar-refractivity contribution is -0.136. The minimum atomic E-state index is -0.919. The van der Waals surface area contributed by atoms with Crippen molar-refractivity contribution < 1.29 is 28.6 Å². The molecule has 1 aromatic rings. The van der Waals surface area contributed by atoms with Crippen LogP contribution in [0.3, 0.4) is 0 Å². The molecule has 0 aromatic heterocycles. The molecule has 0 aliphatic heterocycles. The molecule has 0 spiro atoms. The molecule has 1 unspecified atom stereocenters. The third-order valence-corrected chi connectivity index (χ3v) is 3.20. The first-order valence-corrected chi connectivity index (χ1v) is 6.68. The monoisotopic (exact) mass is 314 g/mol. The van der Waals surface area contributed by atoms with Crippen molar-refractivity contribution in [2.75, 3.05) is 14.2 Å². The number of methoxy groups -OCH3 is 2. The number of hydrogen-bond acceptors (Lipinski definition) is 6. The molecule has 1 aliphatic rings. The van der Waals surface area contributed by atoms with Gasteiger partial charge in [-0.2, -0.15) is 0 Å². The molecule has 1 aromatic carbocycles. The van der Waals surface area contributed by atoms with Gasteiger partial charge in [-0.15, -0.1) is 0 Å².